The number of nitrogens with zero attached hydrogens (tertiary/aromatic N) is 5. The van der Waals surface area contributed by atoms with Gasteiger partial charge in [-0.3, -0.25) is 4.68 Å². The van der Waals surface area contributed by atoms with E-state index in [4.69, 9.17) is 4.52 Å². The molecule has 1 aliphatic rings. The maximum atomic E-state index is 5.57. The first kappa shape index (κ1) is 16.0. The number of hydrogen-bond acceptors (Lipinski definition) is 5. The fourth-order valence-corrected chi connectivity index (χ4v) is 3.43. The number of hydrogen-bond donors (Lipinski definition) is 0. The molecule has 0 radical (unpaired) electrons. The largest absolute Gasteiger partial charge is 0.339 e. The lowest BCUT2D eigenvalue weighted by molar-refractivity contribution is 0.179. The molecule has 0 bridgehead atoms. The molecule has 1 saturated heterocycles. The van der Waals surface area contributed by atoms with E-state index in [1.165, 1.54) is 5.69 Å². The maximum Gasteiger partial charge on any atom is 0.231 e. The van der Waals surface area contributed by atoms with Gasteiger partial charge in [-0.2, -0.15) is 10.1 Å². The van der Waals surface area contributed by atoms with E-state index in [0.717, 1.165) is 50.5 Å². The van der Waals surface area contributed by atoms with Gasteiger partial charge in [0.1, 0.15) is 0 Å². The first-order chi connectivity index (χ1) is 12.3. The molecular formula is C19H23N5O. The lowest BCUT2D eigenvalue weighted by Gasteiger charge is -2.30. The van der Waals surface area contributed by atoms with E-state index in [2.05, 4.69) is 31.7 Å². The van der Waals surface area contributed by atoms with Crippen LogP contribution in [-0.4, -0.2) is 44.5 Å². The van der Waals surface area contributed by atoms with Crippen LogP contribution in [0.2, 0.25) is 0 Å². The van der Waals surface area contributed by atoms with Crippen LogP contribution in [0.5, 0.6) is 0 Å². The summed E-state index contributed by atoms with van der Waals surface area (Å²) in [5, 5.41) is 8.53. The standard InChI is InChI=1S/C19H23N5O/c1-15-9-10-20-24(15)13-12-23-11-5-8-17(14-23)19-21-18(22-25-19)16-6-3-2-4-7-16/h2-4,6-7,9-10,17H,5,8,11-14H2,1H3/t17-/m0/s1. The Morgan fingerprint density at radius 3 is 2.84 bits per heavy atom. The molecule has 0 aliphatic carbocycles. The summed E-state index contributed by atoms with van der Waals surface area (Å²) in [7, 11) is 0. The highest BCUT2D eigenvalue weighted by Gasteiger charge is 2.26. The van der Waals surface area contributed by atoms with Crippen LogP contribution in [0.1, 0.15) is 30.3 Å². The predicted octanol–water partition coefficient (Wildman–Crippen LogP) is 3.12. The third-order valence-corrected chi connectivity index (χ3v) is 4.89. The number of piperidine rings is 1. The summed E-state index contributed by atoms with van der Waals surface area (Å²) in [6.07, 6.45) is 4.12. The summed E-state index contributed by atoms with van der Waals surface area (Å²) in [5.41, 5.74) is 2.21. The van der Waals surface area contributed by atoms with Crippen molar-refractivity contribution in [1.29, 1.82) is 0 Å². The van der Waals surface area contributed by atoms with Crippen molar-refractivity contribution in [2.75, 3.05) is 19.6 Å². The van der Waals surface area contributed by atoms with Crippen molar-refractivity contribution in [3.05, 3.63) is 54.2 Å². The van der Waals surface area contributed by atoms with Crippen molar-refractivity contribution in [3.63, 3.8) is 0 Å². The fourth-order valence-electron chi connectivity index (χ4n) is 3.43. The van der Waals surface area contributed by atoms with Crippen molar-refractivity contribution in [3.8, 4) is 11.4 Å². The Balaban J connectivity index is 1.39. The molecular weight excluding hydrogens is 314 g/mol. The third kappa shape index (κ3) is 3.64. The van der Waals surface area contributed by atoms with Gasteiger partial charge in [0.15, 0.2) is 0 Å². The SMILES string of the molecule is Cc1ccnn1CCN1CCC[C@H](c2nc(-c3ccccc3)no2)C1. The number of benzene rings is 1. The molecule has 1 aliphatic heterocycles. The summed E-state index contributed by atoms with van der Waals surface area (Å²) in [6.45, 7) is 6.10. The topological polar surface area (TPSA) is 60.0 Å². The lowest BCUT2D eigenvalue weighted by atomic mass is 9.98. The van der Waals surface area contributed by atoms with Gasteiger partial charge in [0, 0.05) is 30.5 Å². The molecule has 0 spiro atoms. The molecule has 3 heterocycles. The summed E-state index contributed by atoms with van der Waals surface area (Å²) in [4.78, 5) is 7.11. The van der Waals surface area contributed by atoms with E-state index in [-0.39, 0.29) is 0 Å². The number of aryl methyl sites for hydroxylation is 1. The molecule has 3 aromatic rings. The Bertz CT molecular complexity index is 810. The number of rotatable bonds is 5. The van der Waals surface area contributed by atoms with Crippen molar-refractivity contribution >= 4 is 0 Å². The minimum atomic E-state index is 0.317. The van der Waals surface area contributed by atoms with Crippen LogP contribution in [0, 0.1) is 6.92 Å². The maximum absolute atomic E-state index is 5.57. The van der Waals surface area contributed by atoms with Gasteiger partial charge in [0.05, 0.1) is 12.5 Å². The zero-order valence-corrected chi connectivity index (χ0v) is 14.5. The van der Waals surface area contributed by atoms with Gasteiger partial charge in [-0.1, -0.05) is 35.5 Å². The molecule has 1 fully saturated rings. The van der Waals surface area contributed by atoms with Gasteiger partial charge in [0.25, 0.3) is 0 Å². The number of aromatic nitrogens is 4. The zero-order valence-electron chi connectivity index (χ0n) is 14.5. The Hall–Kier alpha value is -2.47. The van der Waals surface area contributed by atoms with Crippen LogP contribution >= 0.6 is 0 Å². The van der Waals surface area contributed by atoms with Crippen LogP contribution in [0.3, 0.4) is 0 Å². The molecule has 1 atom stereocenters. The van der Waals surface area contributed by atoms with Gasteiger partial charge >= 0.3 is 0 Å². The molecule has 130 valence electrons. The van der Waals surface area contributed by atoms with Gasteiger partial charge in [-0.05, 0) is 32.4 Å². The Kier molecular flexibility index (Phi) is 4.61. The molecule has 6 heteroatoms. The van der Waals surface area contributed by atoms with Gasteiger partial charge < -0.3 is 9.42 Å². The quantitative estimate of drug-likeness (QED) is 0.716. The monoisotopic (exact) mass is 337 g/mol. The Morgan fingerprint density at radius 1 is 1.16 bits per heavy atom. The first-order valence-corrected chi connectivity index (χ1v) is 8.89. The molecule has 0 unspecified atom stereocenters. The van der Waals surface area contributed by atoms with E-state index < -0.39 is 0 Å². The average Bonchev–Trinajstić information content (AvgIpc) is 3.30. The first-order valence-electron chi connectivity index (χ1n) is 8.89. The fraction of sp³-hybridized carbons (Fsp3) is 0.421. The van der Waals surface area contributed by atoms with Crippen LogP contribution in [0.15, 0.2) is 47.1 Å². The Morgan fingerprint density at radius 2 is 2.04 bits per heavy atom. The van der Waals surface area contributed by atoms with Crippen molar-refractivity contribution in [1.82, 2.24) is 24.8 Å². The molecule has 1 aromatic carbocycles. The molecule has 0 amide bonds. The van der Waals surface area contributed by atoms with Gasteiger partial charge in [-0.15, -0.1) is 0 Å². The van der Waals surface area contributed by atoms with Crippen LogP contribution in [-0.2, 0) is 6.54 Å². The van der Waals surface area contributed by atoms with E-state index in [1.54, 1.807) is 0 Å². The average molecular weight is 337 g/mol. The Labute approximate surface area is 147 Å². The molecule has 2 aromatic heterocycles. The van der Waals surface area contributed by atoms with E-state index in [9.17, 15) is 0 Å². The molecule has 25 heavy (non-hydrogen) atoms. The molecule has 4 rings (SSSR count). The molecule has 0 saturated carbocycles. The highest BCUT2D eigenvalue weighted by Crippen LogP contribution is 2.27. The normalized spacial score (nSPS) is 18.5. The minimum absolute atomic E-state index is 0.317. The second-order valence-electron chi connectivity index (χ2n) is 6.66. The van der Waals surface area contributed by atoms with E-state index in [0.29, 0.717) is 11.7 Å². The van der Waals surface area contributed by atoms with Crippen LogP contribution in [0.25, 0.3) is 11.4 Å². The lowest BCUT2D eigenvalue weighted by Crippen LogP contribution is -2.36. The summed E-state index contributed by atoms with van der Waals surface area (Å²) < 4.78 is 7.63. The van der Waals surface area contributed by atoms with Crippen LogP contribution < -0.4 is 0 Å². The third-order valence-electron chi connectivity index (χ3n) is 4.89. The van der Waals surface area contributed by atoms with E-state index in [1.807, 2.05) is 42.6 Å². The van der Waals surface area contributed by atoms with E-state index >= 15 is 0 Å². The molecule has 6 nitrogen and oxygen atoms in total. The zero-order chi connectivity index (χ0) is 17.1. The highest BCUT2D eigenvalue weighted by atomic mass is 16.5. The summed E-state index contributed by atoms with van der Waals surface area (Å²) in [6, 6.07) is 12.0. The van der Waals surface area contributed by atoms with Crippen molar-refractivity contribution < 1.29 is 4.52 Å². The second kappa shape index (κ2) is 7.19. The summed E-state index contributed by atoms with van der Waals surface area (Å²) in [5.74, 6) is 1.76. The van der Waals surface area contributed by atoms with Crippen molar-refractivity contribution in [2.45, 2.75) is 32.2 Å². The number of likely N-dealkylation sites (tertiary alicyclic amines) is 1. The summed E-state index contributed by atoms with van der Waals surface area (Å²) >= 11 is 0. The second-order valence-corrected chi connectivity index (χ2v) is 6.66. The molecule has 0 N–H and O–H groups in total. The smallest absolute Gasteiger partial charge is 0.231 e. The van der Waals surface area contributed by atoms with Gasteiger partial charge in [0.2, 0.25) is 11.7 Å². The van der Waals surface area contributed by atoms with Crippen molar-refractivity contribution in [2.24, 2.45) is 0 Å². The predicted molar refractivity (Wildman–Crippen MR) is 95.1 cm³/mol. The highest BCUT2D eigenvalue weighted by molar-refractivity contribution is 5.53. The van der Waals surface area contributed by atoms with Gasteiger partial charge in [-0.25, -0.2) is 0 Å². The minimum Gasteiger partial charge on any atom is -0.339 e. The van der Waals surface area contributed by atoms with Crippen LogP contribution in [0.4, 0.5) is 0 Å².